The average Bonchev–Trinajstić information content (AvgIpc) is 2.43. The molecule has 0 atom stereocenters. The van der Waals surface area contributed by atoms with Crippen LogP contribution in [0.1, 0.15) is 21.5 Å². The van der Waals surface area contributed by atoms with Gasteiger partial charge in [0.1, 0.15) is 0 Å². The van der Waals surface area contributed by atoms with Crippen LogP contribution in [0.5, 0.6) is 0 Å². The van der Waals surface area contributed by atoms with Gasteiger partial charge in [-0.15, -0.1) is 0 Å². The van der Waals surface area contributed by atoms with Gasteiger partial charge in [-0.1, -0.05) is 24.3 Å². The first kappa shape index (κ1) is 13.0. The molecule has 0 unspecified atom stereocenters. The number of aromatic nitrogens is 1. The lowest BCUT2D eigenvalue weighted by Crippen LogP contribution is -2.31. The second kappa shape index (κ2) is 5.49. The molecule has 1 heterocycles. The summed E-state index contributed by atoms with van der Waals surface area (Å²) in [4.78, 5) is 23.6. The van der Waals surface area contributed by atoms with Crippen molar-refractivity contribution in [1.29, 1.82) is 0 Å². The van der Waals surface area contributed by atoms with Gasteiger partial charge >= 0.3 is 0 Å². The van der Waals surface area contributed by atoms with Gasteiger partial charge in [0.2, 0.25) is 0 Å². The van der Waals surface area contributed by atoms with Crippen LogP contribution in [0.2, 0.25) is 0 Å². The molecule has 0 radical (unpaired) electrons. The summed E-state index contributed by atoms with van der Waals surface area (Å²) in [5.41, 5.74) is 3.93. The van der Waals surface area contributed by atoms with Crippen LogP contribution in [0.3, 0.4) is 0 Å². The maximum Gasteiger partial charge on any atom is 0.265 e. The van der Waals surface area contributed by atoms with E-state index < -0.39 is 0 Å². The van der Waals surface area contributed by atoms with Gasteiger partial charge in [-0.2, -0.15) is 0 Å². The SMILES string of the molecule is Cc1cccn(Cc2ccccc2C(=O)NN)c1=O. The Balaban J connectivity index is 2.41. The highest BCUT2D eigenvalue weighted by atomic mass is 16.2. The Kier molecular flexibility index (Phi) is 3.77. The van der Waals surface area contributed by atoms with Crippen LogP contribution in [0.15, 0.2) is 47.4 Å². The molecule has 0 aliphatic heterocycles. The van der Waals surface area contributed by atoms with Crippen LogP contribution in [-0.2, 0) is 6.54 Å². The zero-order valence-electron chi connectivity index (χ0n) is 10.6. The van der Waals surface area contributed by atoms with Crippen LogP contribution in [-0.4, -0.2) is 10.5 Å². The molecule has 5 heteroatoms. The molecule has 1 aromatic heterocycles. The van der Waals surface area contributed by atoms with Gasteiger partial charge in [-0.05, 0) is 24.6 Å². The number of nitrogens with zero attached hydrogens (tertiary/aromatic N) is 1. The lowest BCUT2D eigenvalue weighted by Gasteiger charge is -2.10. The van der Waals surface area contributed by atoms with Gasteiger partial charge in [0.05, 0.1) is 6.54 Å². The van der Waals surface area contributed by atoms with Gasteiger partial charge in [0, 0.05) is 17.3 Å². The second-order valence-corrected chi connectivity index (χ2v) is 4.25. The van der Waals surface area contributed by atoms with Crippen molar-refractivity contribution in [2.45, 2.75) is 13.5 Å². The highest BCUT2D eigenvalue weighted by Crippen LogP contribution is 2.09. The van der Waals surface area contributed by atoms with Gasteiger partial charge in [-0.3, -0.25) is 15.0 Å². The summed E-state index contributed by atoms with van der Waals surface area (Å²) in [5, 5.41) is 0. The fourth-order valence-corrected chi connectivity index (χ4v) is 1.92. The summed E-state index contributed by atoms with van der Waals surface area (Å²) < 4.78 is 1.57. The van der Waals surface area contributed by atoms with Crippen molar-refractivity contribution < 1.29 is 4.79 Å². The maximum absolute atomic E-state index is 12.0. The Morgan fingerprint density at radius 3 is 2.74 bits per heavy atom. The molecule has 3 N–H and O–H groups in total. The van der Waals surface area contributed by atoms with E-state index in [0.29, 0.717) is 17.7 Å². The van der Waals surface area contributed by atoms with E-state index in [2.05, 4.69) is 5.43 Å². The zero-order valence-corrected chi connectivity index (χ0v) is 10.6. The Hall–Kier alpha value is -2.40. The largest absolute Gasteiger partial charge is 0.311 e. The number of hydrazine groups is 1. The standard InChI is InChI=1S/C14H15N3O2/c1-10-5-4-8-17(14(10)19)9-11-6-2-3-7-12(11)13(18)16-15/h2-8H,9,15H2,1H3,(H,16,18). The van der Waals surface area contributed by atoms with E-state index in [1.807, 2.05) is 12.1 Å². The smallest absolute Gasteiger partial charge is 0.265 e. The molecule has 2 aromatic rings. The summed E-state index contributed by atoms with van der Waals surface area (Å²) in [7, 11) is 0. The van der Waals surface area contributed by atoms with Crippen molar-refractivity contribution in [3.05, 3.63) is 69.6 Å². The van der Waals surface area contributed by atoms with Gasteiger partial charge in [0.25, 0.3) is 11.5 Å². The van der Waals surface area contributed by atoms with Crippen LogP contribution in [0.25, 0.3) is 0 Å². The number of aryl methyl sites for hydroxylation is 1. The van der Waals surface area contributed by atoms with Gasteiger partial charge < -0.3 is 4.57 Å². The molecule has 0 bridgehead atoms. The number of hydrogen-bond acceptors (Lipinski definition) is 3. The number of benzene rings is 1. The third kappa shape index (κ3) is 2.71. The first-order valence-corrected chi connectivity index (χ1v) is 5.88. The quantitative estimate of drug-likeness (QED) is 0.485. The number of rotatable bonds is 3. The molecule has 0 fully saturated rings. The Morgan fingerprint density at radius 2 is 2.00 bits per heavy atom. The zero-order chi connectivity index (χ0) is 13.8. The molecule has 98 valence electrons. The first-order valence-electron chi connectivity index (χ1n) is 5.88. The molecule has 0 spiro atoms. The first-order chi connectivity index (χ1) is 9.13. The summed E-state index contributed by atoms with van der Waals surface area (Å²) in [6, 6.07) is 10.6. The molecule has 0 aliphatic rings. The number of hydrogen-bond donors (Lipinski definition) is 2. The van der Waals surface area contributed by atoms with E-state index in [-0.39, 0.29) is 11.5 Å². The van der Waals surface area contributed by atoms with E-state index in [1.54, 1.807) is 42.0 Å². The number of amides is 1. The number of carbonyl (C=O) groups is 1. The van der Waals surface area contributed by atoms with E-state index in [4.69, 9.17) is 5.84 Å². The minimum Gasteiger partial charge on any atom is -0.311 e. The van der Waals surface area contributed by atoms with Crippen molar-refractivity contribution in [1.82, 2.24) is 9.99 Å². The summed E-state index contributed by atoms with van der Waals surface area (Å²) in [6.07, 6.45) is 1.70. The van der Waals surface area contributed by atoms with E-state index in [0.717, 1.165) is 5.56 Å². The maximum atomic E-state index is 12.0. The van der Waals surface area contributed by atoms with Crippen molar-refractivity contribution in [3.63, 3.8) is 0 Å². The lowest BCUT2D eigenvalue weighted by atomic mass is 10.1. The van der Waals surface area contributed by atoms with Crippen LogP contribution in [0, 0.1) is 6.92 Å². The number of nitrogens with one attached hydrogen (secondary N) is 1. The fraction of sp³-hybridized carbons (Fsp3) is 0.143. The molecule has 5 nitrogen and oxygen atoms in total. The lowest BCUT2D eigenvalue weighted by molar-refractivity contribution is 0.0952. The van der Waals surface area contributed by atoms with Crippen LogP contribution < -0.4 is 16.8 Å². The van der Waals surface area contributed by atoms with Crippen molar-refractivity contribution in [2.75, 3.05) is 0 Å². The highest BCUT2D eigenvalue weighted by Gasteiger charge is 2.10. The molecule has 2 rings (SSSR count). The number of pyridine rings is 1. The number of nitrogens with two attached hydrogens (primary N) is 1. The average molecular weight is 257 g/mol. The van der Waals surface area contributed by atoms with E-state index in [1.165, 1.54) is 0 Å². The molecular formula is C14H15N3O2. The van der Waals surface area contributed by atoms with Crippen molar-refractivity contribution in [2.24, 2.45) is 5.84 Å². The minimum absolute atomic E-state index is 0.0644. The van der Waals surface area contributed by atoms with Gasteiger partial charge in [-0.25, -0.2) is 5.84 Å². The third-order valence-corrected chi connectivity index (χ3v) is 2.94. The monoisotopic (exact) mass is 257 g/mol. The van der Waals surface area contributed by atoms with Crippen molar-refractivity contribution in [3.8, 4) is 0 Å². The molecule has 0 saturated heterocycles. The molecule has 0 aliphatic carbocycles. The fourth-order valence-electron chi connectivity index (χ4n) is 1.92. The minimum atomic E-state index is -0.365. The van der Waals surface area contributed by atoms with Gasteiger partial charge in [0.15, 0.2) is 0 Å². The molecule has 19 heavy (non-hydrogen) atoms. The predicted molar refractivity (Wildman–Crippen MR) is 72.6 cm³/mol. The summed E-state index contributed by atoms with van der Waals surface area (Å²) >= 11 is 0. The number of carbonyl (C=O) groups excluding carboxylic acids is 1. The third-order valence-electron chi connectivity index (χ3n) is 2.94. The predicted octanol–water partition coefficient (Wildman–Crippen LogP) is 0.809. The van der Waals surface area contributed by atoms with Crippen LogP contribution >= 0.6 is 0 Å². The highest BCUT2D eigenvalue weighted by molar-refractivity contribution is 5.95. The Morgan fingerprint density at radius 1 is 1.26 bits per heavy atom. The second-order valence-electron chi connectivity index (χ2n) is 4.25. The Labute approximate surface area is 110 Å². The normalized spacial score (nSPS) is 10.2. The Bertz CT molecular complexity index is 662. The molecular weight excluding hydrogens is 242 g/mol. The molecule has 1 aromatic carbocycles. The topological polar surface area (TPSA) is 77.1 Å². The summed E-state index contributed by atoms with van der Waals surface area (Å²) in [5.74, 6) is 4.79. The van der Waals surface area contributed by atoms with Crippen LogP contribution in [0.4, 0.5) is 0 Å². The van der Waals surface area contributed by atoms with E-state index >= 15 is 0 Å². The molecule has 0 saturated carbocycles. The molecule has 1 amide bonds. The summed E-state index contributed by atoms with van der Waals surface area (Å²) in [6.45, 7) is 2.10. The number of nitrogen functional groups attached to an aromatic ring is 1. The van der Waals surface area contributed by atoms with Crippen molar-refractivity contribution >= 4 is 5.91 Å². The van der Waals surface area contributed by atoms with E-state index in [9.17, 15) is 9.59 Å².